The molecule has 1 amide bonds. The maximum Gasteiger partial charge on any atom is 0.261 e. The monoisotopic (exact) mass is 387 g/mol. The van der Waals surface area contributed by atoms with Gasteiger partial charge in [-0.15, -0.1) is 0 Å². The molecule has 27 heavy (non-hydrogen) atoms. The molecular weight excluding hydrogens is 370 g/mol. The van der Waals surface area contributed by atoms with E-state index in [2.05, 4.69) is 15.2 Å². The molecule has 0 aliphatic carbocycles. The Morgan fingerprint density at radius 1 is 1.37 bits per heavy atom. The lowest BCUT2D eigenvalue weighted by molar-refractivity contribution is -0.139. The Hall–Kier alpha value is -2.71. The summed E-state index contributed by atoms with van der Waals surface area (Å²) < 4.78 is 12.6. The number of morpholine rings is 1. The van der Waals surface area contributed by atoms with E-state index in [1.807, 2.05) is 25.2 Å². The van der Waals surface area contributed by atoms with Crippen LogP contribution in [0.1, 0.15) is 17.4 Å². The van der Waals surface area contributed by atoms with E-state index in [-0.39, 0.29) is 12.3 Å². The van der Waals surface area contributed by atoms with E-state index in [9.17, 15) is 4.79 Å². The molecule has 1 unspecified atom stereocenters. The molecule has 3 heterocycles. The fourth-order valence-corrected chi connectivity index (χ4v) is 3.24. The van der Waals surface area contributed by atoms with E-state index in [1.54, 1.807) is 28.0 Å². The van der Waals surface area contributed by atoms with Crippen molar-refractivity contribution >= 4 is 17.5 Å². The topological polar surface area (TPSA) is 86.3 Å². The molecule has 1 saturated heterocycles. The van der Waals surface area contributed by atoms with Gasteiger partial charge in [0.25, 0.3) is 5.89 Å². The molecule has 4 rings (SSSR count). The van der Waals surface area contributed by atoms with Crippen molar-refractivity contribution in [2.24, 2.45) is 7.05 Å². The summed E-state index contributed by atoms with van der Waals surface area (Å²) in [5.41, 5.74) is 1.51. The average Bonchev–Trinajstić information content (AvgIpc) is 3.32. The number of aryl methyl sites for hydroxylation is 1. The zero-order valence-corrected chi connectivity index (χ0v) is 15.5. The predicted molar refractivity (Wildman–Crippen MR) is 96.9 cm³/mol. The van der Waals surface area contributed by atoms with Crippen LogP contribution in [0.5, 0.6) is 0 Å². The van der Waals surface area contributed by atoms with Gasteiger partial charge in [0, 0.05) is 24.8 Å². The first kappa shape index (κ1) is 17.7. The molecule has 9 heteroatoms. The van der Waals surface area contributed by atoms with Crippen molar-refractivity contribution in [3.63, 3.8) is 0 Å². The van der Waals surface area contributed by atoms with E-state index in [0.29, 0.717) is 36.5 Å². The first-order valence-electron chi connectivity index (χ1n) is 8.55. The van der Waals surface area contributed by atoms with Crippen LogP contribution in [0.15, 0.2) is 41.2 Å². The molecule has 0 N–H and O–H groups in total. The summed E-state index contributed by atoms with van der Waals surface area (Å²) in [5.74, 6) is 0.729. The highest BCUT2D eigenvalue weighted by Gasteiger charge is 2.32. The summed E-state index contributed by atoms with van der Waals surface area (Å²) in [6.45, 7) is 1.25. The van der Waals surface area contributed by atoms with E-state index >= 15 is 0 Å². The molecule has 1 aliphatic rings. The number of nitrogens with zero attached hydrogens (tertiary/aromatic N) is 5. The predicted octanol–water partition coefficient (Wildman–Crippen LogP) is 2.27. The minimum Gasteiger partial charge on any atom is -0.377 e. The fraction of sp³-hybridized carbons (Fsp3) is 0.333. The molecule has 1 aromatic carbocycles. The largest absolute Gasteiger partial charge is 0.377 e. The molecule has 140 valence electrons. The molecule has 2 aromatic heterocycles. The summed E-state index contributed by atoms with van der Waals surface area (Å²) in [7, 11) is 1.81. The Labute approximate surface area is 160 Å². The van der Waals surface area contributed by atoms with Gasteiger partial charge in [-0.3, -0.25) is 9.48 Å². The van der Waals surface area contributed by atoms with Crippen LogP contribution in [0.4, 0.5) is 0 Å². The van der Waals surface area contributed by atoms with E-state index in [0.717, 1.165) is 11.1 Å². The van der Waals surface area contributed by atoms with Crippen molar-refractivity contribution in [2.45, 2.75) is 12.5 Å². The maximum atomic E-state index is 12.9. The zero-order chi connectivity index (χ0) is 18.8. The highest BCUT2D eigenvalue weighted by atomic mass is 35.5. The van der Waals surface area contributed by atoms with Crippen LogP contribution in [0.3, 0.4) is 0 Å². The third kappa shape index (κ3) is 3.72. The van der Waals surface area contributed by atoms with Crippen molar-refractivity contribution in [2.75, 3.05) is 19.8 Å². The number of hydrogen-bond donors (Lipinski definition) is 0. The fourth-order valence-electron chi connectivity index (χ4n) is 3.04. The number of halogens is 1. The van der Waals surface area contributed by atoms with Crippen LogP contribution in [0.25, 0.3) is 11.5 Å². The number of ether oxygens (including phenoxy) is 1. The third-order valence-corrected chi connectivity index (χ3v) is 4.81. The number of amides is 1. The van der Waals surface area contributed by atoms with Crippen molar-refractivity contribution in [1.29, 1.82) is 0 Å². The molecule has 1 fully saturated rings. The lowest BCUT2D eigenvalue weighted by atomic mass is 10.1. The SMILES string of the molecule is Cn1cc(-c2nc(C3COCCN3C(=O)Cc3ccccc3Cl)no2)cn1. The summed E-state index contributed by atoms with van der Waals surface area (Å²) >= 11 is 6.19. The second-order valence-electron chi connectivity index (χ2n) is 6.31. The summed E-state index contributed by atoms with van der Waals surface area (Å²) in [6, 6.07) is 6.94. The first-order valence-corrected chi connectivity index (χ1v) is 8.93. The molecule has 0 bridgehead atoms. The van der Waals surface area contributed by atoms with Crippen LogP contribution in [-0.2, 0) is 23.0 Å². The molecule has 1 atom stereocenters. The Kier molecular flexibility index (Phi) is 4.91. The van der Waals surface area contributed by atoms with Gasteiger partial charge in [0.1, 0.15) is 6.04 Å². The second kappa shape index (κ2) is 7.50. The number of benzene rings is 1. The first-order chi connectivity index (χ1) is 13.1. The van der Waals surface area contributed by atoms with E-state index in [4.69, 9.17) is 20.9 Å². The molecule has 0 saturated carbocycles. The normalized spacial score (nSPS) is 17.3. The Bertz CT molecular complexity index is 954. The smallest absolute Gasteiger partial charge is 0.261 e. The van der Waals surface area contributed by atoms with Crippen LogP contribution >= 0.6 is 11.6 Å². The maximum absolute atomic E-state index is 12.9. The molecule has 0 spiro atoms. The van der Waals surface area contributed by atoms with Crippen molar-refractivity contribution in [3.05, 3.63) is 53.1 Å². The molecular formula is C18H18ClN5O3. The van der Waals surface area contributed by atoms with Gasteiger partial charge >= 0.3 is 0 Å². The number of rotatable bonds is 4. The van der Waals surface area contributed by atoms with Crippen molar-refractivity contribution < 1.29 is 14.1 Å². The van der Waals surface area contributed by atoms with Gasteiger partial charge in [-0.05, 0) is 11.6 Å². The second-order valence-corrected chi connectivity index (χ2v) is 6.71. The highest BCUT2D eigenvalue weighted by molar-refractivity contribution is 6.31. The minimum absolute atomic E-state index is 0.0517. The number of carbonyl (C=O) groups is 1. The van der Waals surface area contributed by atoms with Crippen LogP contribution < -0.4 is 0 Å². The van der Waals surface area contributed by atoms with Gasteiger partial charge in [-0.2, -0.15) is 10.1 Å². The Morgan fingerprint density at radius 2 is 2.22 bits per heavy atom. The lowest BCUT2D eigenvalue weighted by Crippen LogP contribution is -2.44. The molecule has 8 nitrogen and oxygen atoms in total. The summed E-state index contributed by atoms with van der Waals surface area (Å²) in [6.07, 6.45) is 3.65. The van der Waals surface area contributed by atoms with Gasteiger partial charge in [0.2, 0.25) is 5.91 Å². The minimum atomic E-state index is -0.400. The highest BCUT2D eigenvalue weighted by Crippen LogP contribution is 2.26. The van der Waals surface area contributed by atoms with Gasteiger partial charge in [-0.25, -0.2) is 0 Å². The summed E-state index contributed by atoms with van der Waals surface area (Å²) in [4.78, 5) is 19.1. The number of carbonyl (C=O) groups excluding carboxylic acids is 1. The zero-order valence-electron chi connectivity index (χ0n) is 14.7. The third-order valence-electron chi connectivity index (χ3n) is 4.44. The van der Waals surface area contributed by atoms with E-state index < -0.39 is 6.04 Å². The Balaban J connectivity index is 1.55. The van der Waals surface area contributed by atoms with Gasteiger partial charge in [-0.1, -0.05) is 35.0 Å². The number of hydrogen-bond acceptors (Lipinski definition) is 6. The van der Waals surface area contributed by atoms with Crippen LogP contribution in [-0.4, -0.2) is 50.5 Å². The van der Waals surface area contributed by atoms with Gasteiger partial charge in [0.05, 0.1) is 31.4 Å². The van der Waals surface area contributed by atoms with Gasteiger partial charge < -0.3 is 14.2 Å². The van der Waals surface area contributed by atoms with Crippen LogP contribution in [0.2, 0.25) is 5.02 Å². The van der Waals surface area contributed by atoms with Gasteiger partial charge in [0.15, 0.2) is 5.82 Å². The standard InChI is InChI=1S/C18H18ClN5O3/c1-23-10-13(9-20-23)18-21-17(22-27-18)15-11-26-7-6-24(15)16(25)8-12-4-2-3-5-14(12)19/h2-5,9-10,15H,6-8,11H2,1H3. The van der Waals surface area contributed by atoms with Crippen molar-refractivity contribution in [3.8, 4) is 11.5 Å². The molecule has 1 aliphatic heterocycles. The van der Waals surface area contributed by atoms with Crippen LogP contribution in [0, 0.1) is 0 Å². The Morgan fingerprint density at radius 3 is 3.00 bits per heavy atom. The number of aromatic nitrogens is 4. The van der Waals surface area contributed by atoms with Crippen molar-refractivity contribution in [1.82, 2.24) is 24.8 Å². The quantitative estimate of drug-likeness (QED) is 0.682. The molecule has 3 aromatic rings. The lowest BCUT2D eigenvalue weighted by Gasteiger charge is -2.33. The molecule has 0 radical (unpaired) electrons. The average molecular weight is 388 g/mol. The van der Waals surface area contributed by atoms with E-state index in [1.165, 1.54) is 0 Å². The summed E-state index contributed by atoms with van der Waals surface area (Å²) in [5, 5.41) is 8.74.